The summed E-state index contributed by atoms with van der Waals surface area (Å²) in [5.74, 6) is -0.313. The zero-order valence-electron chi connectivity index (χ0n) is 18.6. The van der Waals surface area contributed by atoms with E-state index < -0.39 is 11.9 Å². The molecule has 172 valence electrons. The highest BCUT2D eigenvalue weighted by Crippen LogP contribution is 2.46. The quantitative estimate of drug-likeness (QED) is 0.290. The molecule has 1 atom stereocenters. The van der Waals surface area contributed by atoms with Crippen LogP contribution in [0.25, 0.3) is 33.0 Å². The van der Waals surface area contributed by atoms with Gasteiger partial charge < -0.3 is 19.0 Å². The molecule has 6 rings (SSSR count). The number of benzene rings is 3. The van der Waals surface area contributed by atoms with Gasteiger partial charge in [-0.05, 0) is 41.5 Å². The number of phenols is 1. The average molecular weight is 465 g/mol. The minimum atomic E-state index is -0.426. The van der Waals surface area contributed by atoms with E-state index in [2.05, 4.69) is 4.98 Å². The van der Waals surface area contributed by atoms with E-state index in [-0.39, 0.29) is 34.3 Å². The number of carbonyl (C=O) groups excluding carboxylic acids is 1. The third kappa shape index (κ3) is 3.40. The number of hydrogen-bond donors (Lipinski definition) is 1. The van der Waals surface area contributed by atoms with Crippen molar-refractivity contribution in [3.05, 3.63) is 94.5 Å². The number of fused-ring (bicyclic) bond motifs is 4. The molecule has 0 saturated heterocycles. The Morgan fingerprint density at radius 3 is 2.69 bits per heavy atom. The second-order valence-electron chi connectivity index (χ2n) is 8.40. The van der Waals surface area contributed by atoms with Crippen molar-refractivity contribution >= 4 is 27.8 Å². The number of nitrogens with zero attached hydrogens (tertiary/aromatic N) is 1. The van der Waals surface area contributed by atoms with E-state index in [0.717, 1.165) is 16.5 Å². The number of hydrogen-bond acceptors (Lipinski definition) is 7. The van der Waals surface area contributed by atoms with Crippen molar-refractivity contribution in [1.29, 1.82) is 0 Å². The summed E-state index contributed by atoms with van der Waals surface area (Å²) in [4.78, 5) is 30.3. The lowest BCUT2D eigenvalue weighted by atomic mass is 9.84. The zero-order chi connectivity index (χ0) is 24.1. The van der Waals surface area contributed by atoms with Crippen LogP contribution in [0.1, 0.15) is 23.5 Å². The van der Waals surface area contributed by atoms with Gasteiger partial charge in [0.15, 0.2) is 0 Å². The fourth-order valence-corrected chi connectivity index (χ4v) is 4.70. The summed E-state index contributed by atoms with van der Waals surface area (Å²) in [5, 5.41) is 11.7. The second kappa shape index (κ2) is 7.99. The molecule has 3 aromatic carbocycles. The number of aromatic hydroxyl groups is 1. The molecular formula is C28H19NO6. The molecule has 5 aromatic rings. The van der Waals surface area contributed by atoms with Crippen LogP contribution in [0.5, 0.6) is 17.2 Å². The predicted octanol–water partition coefficient (Wildman–Crippen LogP) is 5.16. The summed E-state index contributed by atoms with van der Waals surface area (Å²) in [5.41, 5.74) is 3.00. The van der Waals surface area contributed by atoms with Crippen LogP contribution in [-0.2, 0) is 4.79 Å². The van der Waals surface area contributed by atoms with Crippen LogP contribution in [0.3, 0.4) is 0 Å². The van der Waals surface area contributed by atoms with Crippen molar-refractivity contribution < 1.29 is 23.8 Å². The number of aromatic nitrogens is 1. The lowest BCUT2D eigenvalue weighted by Gasteiger charge is -2.26. The Kier molecular flexibility index (Phi) is 4.77. The summed E-state index contributed by atoms with van der Waals surface area (Å²) < 4.78 is 16.6. The summed E-state index contributed by atoms with van der Waals surface area (Å²) in [7, 11) is 1.57. The molecule has 2 aromatic heterocycles. The van der Waals surface area contributed by atoms with E-state index in [1.165, 1.54) is 12.3 Å². The van der Waals surface area contributed by atoms with Crippen LogP contribution >= 0.6 is 0 Å². The molecule has 0 bridgehead atoms. The molecule has 1 N–H and O–H groups in total. The first-order valence-electron chi connectivity index (χ1n) is 11.0. The van der Waals surface area contributed by atoms with Crippen molar-refractivity contribution in [3.8, 4) is 28.4 Å². The first-order chi connectivity index (χ1) is 17.0. The van der Waals surface area contributed by atoms with Gasteiger partial charge in [0.25, 0.3) is 0 Å². The largest absolute Gasteiger partial charge is 0.507 e. The Balaban J connectivity index is 1.57. The van der Waals surface area contributed by atoms with Crippen LogP contribution in [0, 0.1) is 0 Å². The first kappa shape index (κ1) is 20.9. The number of ether oxygens (including phenoxy) is 2. The predicted molar refractivity (Wildman–Crippen MR) is 130 cm³/mol. The first-order valence-corrected chi connectivity index (χ1v) is 11.0. The second-order valence-corrected chi connectivity index (χ2v) is 8.40. The minimum absolute atomic E-state index is 0.0440. The highest BCUT2D eigenvalue weighted by molar-refractivity contribution is 5.94. The minimum Gasteiger partial charge on any atom is -0.507 e. The molecule has 0 amide bonds. The number of pyridine rings is 1. The molecule has 0 radical (unpaired) electrons. The van der Waals surface area contributed by atoms with E-state index >= 15 is 0 Å². The van der Waals surface area contributed by atoms with E-state index in [0.29, 0.717) is 22.4 Å². The van der Waals surface area contributed by atoms with Crippen LogP contribution < -0.4 is 14.9 Å². The number of carbonyl (C=O) groups is 1. The van der Waals surface area contributed by atoms with Crippen LogP contribution in [0.15, 0.2) is 82.3 Å². The standard InChI is InChI=1S/C28H19NO6/c1-33-18-7-4-15(5-8-18)20-14-34-28-25-19(16-6-9-21-17(11-16)3-2-10-29-21)12-24(31)35-23(25)13-22(30)26(28)27(20)32/h2-11,13-14,19,30H,12H2,1H3. The van der Waals surface area contributed by atoms with E-state index in [1.54, 1.807) is 37.6 Å². The molecule has 7 nitrogen and oxygen atoms in total. The molecule has 1 unspecified atom stereocenters. The number of rotatable bonds is 3. The SMILES string of the molecule is COc1ccc(-c2coc3c4c(cc(O)c3c2=O)OC(=O)CC4c2ccc3ncccc3c2)cc1. The van der Waals surface area contributed by atoms with E-state index in [1.807, 2.05) is 30.3 Å². The maximum Gasteiger partial charge on any atom is 0.312 e. The van der Waals surface area contributed by atoms with Gasteiger partial charge in [0.05, 0.1) is 24.6 Å². The average Bonchev–Trinajstić information content (AvgIpc) is 2.88. The highest BCUT2D eigenvalue weighted by Gasteiger charge is 2.33. The summed E-state index contributed by atoms with van der Waals surface area (Å²) in [6, 6.07) is 17.9. The highest BCUT2D eigenvalue weighted by atomic mass is 16.5. The van der Waals surface area contributed by atoms with Crippen molar-refractivity contribution in [2.75, 3.05) is 7.11 Å². The smallest absolute Gasteiger partial charge is 0.312 e. The molecule has 0 fully saturated rings. The van der Waals surface area contributed by atoms with Gasteiger partial charge in [0.2, 0.25) is 5.43 Å². The third-order valence-electron chi connectivity index (χ3n) is 6.40. The van der Waals surface area contributed by atoms with Crippen molar-refractivity contribution in [2.24, 2.45) is 0 Å². The Morgan fingerprint density at radius 1 is 1.06 bits per heavy atom. The molecule has 1 aliphatic heterocycles. The molecule has 0 aliphatic carbocycles. The molecule has 35 heavy (non-hydrogen) atoms. The normalized spacial score (nSPS) is 15.1. The lowest BCUT2D eigenvalue weighted by molar-refractivity contribution is -0.135. The molecule has 0 spiro atoms. The lowest BCUT2D eigenvalue weighted by Crippen LogP contribution is -2.22. The fraction of sp³-hybridized carbons (Fsp3) is 0.107. The Hall–Kier alpha value is -4.65. The summed E-state index contributed by atoms with van der Waals surface area (Å²) in [6.07, 6.45) is 3.17. The Morgan fingerprint density at radius 2 is 1.89 bits per heavy atom. The summed E-state index contributed by atoms with van der Waals surface area (Å²) >= 11 is 0. The van der Waals surface area contributed by atoms with Gasteiger partial charge >= 0.3 is 5.97 Å². The molecule has 0 saturated carbocycles. The van der Waals surface area contributed by atoms with Crippen molar-refractivity contribution in [1.82, 2.24) is 4.98 Å². The molecule has 1 aliphatic rings. The van der Waals surface area contributed by atoms with Crippen molar-refractivity contribution in [3.63, 3.8) is 0 Å². The van der Waals surface area contributed by atoms with Gasteiger partial charge in [-0.25, -0.2) is 0 Å². The van der Waals surface area contributed by atoms with Gasteiger partial charge in [0, 0.05) is 29.1 Å². The third-order valence-corrected chi connectivity index (χ3v) is 6.40. The molecule has 3 heterocycles. The van der Waals surface area contributed by atoms with Crippen molar-refractivity contribution in [2.45, 2.75) is 12.3 Å². The van der Waals surface area contributed by atoms with Gasteiger partial charge in [-0.3, -0.25) is 14.6 Å². The maximum absolute atomic E-state index is 13.5. The molecular weight excluding hydrogens is 446 g/mol. The van der Waals surface area contributed by atoms with Gasteiger partial charge in [-0.15, -0.1) is 0 Å². The zero-order valence-corrected chi connectivity index (χ0v) is 18.6. The monoisotopic (exact) mass is 465 g/mol. The van der Waals surface area contributed by atoms with Gasteiger partial charge in [-0.2, -0.15) is 0 Å². The number of phenolic OH excluding ortho intramolecular Hbond substituents is 1. The maximum atomic E-state index is 13.5. The van der Waals surface area contributed by atoms with E-state index in [4.69, 9.17) is 13.9 Å². The number of esters is 1. The van der Waals surface area contributed by atoms with Gasteiger partial charge in [0.1, 0.15) is 34.5 Å². The Labute approximate surface area is 199 Å². The topological polar surface area (TPSA) is 98.9 Å². The molecule has 7 heteroatoms. The fourth-order valence-electron chi connectivity index (χ4n) is 4.70. The van der Waals surface area contributed by atoms with E-state index in [9.17, 15) is 14.7 Å². The Bertz CT molecular complexity index is 1690. The van der Waals surface area contributed by atoms with Gasteiger partial charge in [-0.1, -0.05) is 24.3 Å². The number of methoxy groups -OCH3 is 1. The van der Waals surface area contributed by atoms with Crippen LogP contribution in [0.4, 0.5) is 0 Å². The van der Waals surface area contributed by atoms with Crippen LogP contribution in [0.2, 0.25) is 0 Å². The van der Waals surface area contributed by atoms with Crippen LogP contribution in [-0.4, -0.2) is 23.2 Å². The summed E-state index contributed by atoms with van der Waals surface area (Å²) in [6.45, 7) is 0.